The van der Waals surface area contributed by atoms with Gasteiger partial charge in [-0.05, 0) is 18.9 Å². The average molecular weight is 181 g/mol. The Bertz CT molecular complexity index is 297. The van der Waals surface area contributed by atoms with Gasteiger partial charge in [0.15, 0.2) is 0 Å². The largest absolute Gasteiger partial charge is 0.506 e. The van der Waals surface area contributed by atoms with E-state index in [0.29, 0.717) is 11.3 Å². The smallest absolute Gasteiger partial charge is 0.142 e. The molecule has 1 heterocycles. The van der Waals surface area contributed by atoms with E-state index in [4.69, 9.17) is 5.11 Å². The second-order valence-electron chi connectivity index (χ2n) is 3.10. The zero-order valence-electron chi connectivity index (χ0n) is 8.04. The summed E-state index contributed by atoms with van der Waals surface area (Å²) in [5.41, 5.74) is 2.13. The highest BCUT2D eigenvalue weighted by Gasteiger charge is 2.09. The summed E-state index contributed by atoms with van der Waals surface area (Å²) >= 11 is 0. The summed E-state index contributed by atoms with van der Waals surface area (Å²) in [5.74, 6) is 0.133. The lowest BCUT2D eigenvalue weighted by atomic mass is 10.0. The number of pyridine rings is 1. The zero-order chi connectivity index (χ0) is 9.84. The van der Waals surface area contributed by atoms with Crippen LogP contribution in [0.5, 0.6) is 5.75 Å². The van der Waals surface area contributed by atoms with Gasteiger partial charge in [0.1, 0.15) is 5.75 Å². The van der Waals surface area contributed by atoms with E-state index in [1.54, 1.807) is 13.1 Å². The quantitative estimate of drug-likeness (QED) is 0.743. The van der Waals surface area contributed by atoms with E-state index in [1.807, 2.05) is 0 Å². The van der Waals surface area contributed by atoms with Crippen LogP contribution in [-0.2, 0) is 13.0 Å². The minimum atomic E-state index is -0.121. The molecule has 0 radical (unpaired) electrons. The molecular weight excluding hydrogens is 166 g/mol. The molecule has 0 aliphatic heterocycles. The van der Waals surface area contributed by atoms with Gasteiger partial charge in [-0.1, -0.05) is 13.3 Å². The van der Waals surface area contributed by atoms with Gasteiger partial charge in [-0.15, -0.1) is 0 Å². The number of nitrogens with zero attached hydrogens (tertiary/aromatic N) is 1. The first-order valence-corrected chi connectivity index (χ1v) is 4.47. The number of aliphatic hydroxyl groups excluding tert-OH is 1. The summed E-state index contributed by atoms with van der Waals surface area (Å²) in [6.45, 7) is 3.66. The van der Waals surface area contributed by atoms with E-state index in [9.17, 15) is 5.11 Å². The van der Waals surface area contributed by atoms with E-state index in [2.05, 4.69) is 11.9 Å². The molecule has 0 fully saturated rings. The van der Waals surface area contributed by atoms with Gasteiger partial charge < -0.3 is 10.2 Å². The van der Waals surface area contributed by atoms with E-state index in [-0.39, 0.29) is 12.4 Å². The molecule has 0 atom stereocenters. The summed E-state index contributed by atoms with van der Waals surface area (Å²) in [4.78, 5) is 4.04. The number of aromatic hydroxyl groups is 1. The first-order chi connectivity index (χ1) is 6.20. The second-order valence-corrected chi connectivity index (χ2v) is 3.10. The summed E-state index contributed by atoms with van der Waals surface area (Å²) in [6.07, 6.45) is 3.55. The van der Waals surface area contributed by atoms with Crippen LogP contribution in [0.3, 0.4) is 0 Å². The zero-order valence-corrected chi connectivity index (χ0v) is 8.04. The predicted molar refractivity (Wildman–Crippen MR) is 50.6 cm³/mol. The molecule has 0 aliphatic rings. The molecular formula is C10H15NO2. The van der Waals surface area contributed by atoms with Crippen molar-refractivity contribution in [3.63, 3.8) is 0 Å². The molecule has 0 aromatic carbocycles. The SMILES string of the molecule is CCCc1cnc(C)c(O)c1CO. The van der Waals surface area contributed by atoms with Crippen molar-refractivity contribution >= 4 is 0 Å². The number of hydrogen-bond donors (Lipinski definition) is 2. The number of aryl methyl sites for hydroxylation is 2. The fourth-order valence-electron chi connectivity index (χ4n) is 1.35. The number of aromatic nitrogens is 1. The van der Waals surface area contributed by atoms with E-state index in [1.165, 1.54) is 0 Å². The summed E-state index contributed by atoms with van der Waals surface area (Å²) < 4.78 is 0. The van der Waals surface area contributed by atoms with Crippen molar-refractivity contribution in [1.29, 1.82) is 0 Å². The van der Waals surface area contributed by atoms with Crippen molar-refractivity contribution in [2.45, 2.75) is 33.3 Å². The van der Waals surface area contributed by atoms with Gasteiger partial charge in [-0.3, -0.25) is 4.98 Å². The number of aliphatic hydroxyl groups is 1. The van der Waals surface area contributed by atoms with Crippen LogP contribution in [0.1, 0.15) is 30.2 Å². The highest BCUT2D eigenvalue weighted by atomic mass is 16.3. The van der Waals surface area contributed by atoms with Gasteiger partial charge in [0.05, 0.1) is 12.3 Å². The molecule has 72 valence electrons. The molecule has 3 heteroatoms. The lowest BCUT2D eigenvalue weighted by molar-refractivity contribution is 0.273. The maximum absolute atomic E-state index is 9.58. The van der Waals surface area contributed by atoms with Crippen LogP contribution >= 0.6 is 0 Å². The van der Waals surface area contributed by atoms with Crippen LogP contribution in [0.4, 0.5) is 0 Å². The maximum atomic E-state index is 9.58. The Kier molecular flexibility index (Phi) is 3.25. The topological polar surface area (TPSA) is 53.4 Å². The van der Waals surface area contributed by atoms with E-state index < -0.39 is 0 Å². The third kappa shape index (κ3) is 1.98. The Labute approximate surface area is 78.1 Å². The standard InChI is InChI=1S/C10H15NO2/c1-3-4-8-5-11-7(2)10(13)9(8)6-12/h5,12-13H,3-4,6H2,1-2H3. The van der Waals surface area contributed by atoms with Crippen LogP contribution in [0.25, 0.3) is 0 Å². The van der Waals surface area contributed by atoms with Gasteiger partial charge in [-0.25, -0.2) is 0 Å². The summed E-state index contributed by atoms with van der Waals surface area (Å²) in [6, 6.07) is 0. The van der Waals surface area contributed by atoms with Gasteiger partial charge in [0.2, 0.25) is 0 Å². The van der Waals surface area contributed by atoms with Gasteiger partial charge in [-0.2, -0.15) is 0 Å². The first-order valence-electron chi connectivity index (χ1n) is 4.47. The Morgan fingerprint density at radius 3 is 2.69 bits per heavy atom. The Balaban J connectivity index is 3.13. The molecule has 0 aliphatic carbocycles. The van der Waals surface area contributed by atoms with Crippen molar-refractivity contribution in [2.24, 2.45) is 0 Å². The van der Waals surface area contributed by atoms with E-state index in [0.717, 1.165) is 18.4 Å². The van der Waals surface area contributed by atoms with Crippen molar-refractivity contribution < 1.29 is 10.2 Å². The van der Waals surface area contributed by atoms with Crippen LogP contribution in [0.15, 0.2) is 6.20 Å². The van der Waals surface area contributed by atoms with Crippen LogP contribution in [0.2, 0.25) is 0 Å². The number of rotatable bonds is 3. The minimum absolute atomic E-state index is 0.121. The molecule has 0 bridgehead atoms. The highest BCUT2D eigenvalue weighted by molar-refractivity contribution is 5.40. The predicted octanol–water partition coefficient (Wildman–Crippen LogP) is 1.54. The Morgan fingerprint density at radius 1 is 1.46 bits per heavy atom. The van der Waals surface area contributed by atoms with Gasteiger partial charge in [0, 0.05) is 11.8 Å². The average Bonchev–Trinajstić information content (AvgIpc) is 2.12. The van der Waals surface area contributed by atoms with Crippen molar-refractivity contribution in [3.05, 3.63) is 23.0 Å². The van der Waals surface area contributed by atoms with Crippen LogP contribution in [0, 0.1) is 6.92 Å². The Morgan fingerprint density at radius 2 is 2.15 bits per heavy atom. The van der Waals surface area contributed by atoms with Gasteiger partial charge >= 0.3 is 0 Å². The lowest BCUT2D eigenvalue weighted by Crippen LogP contribution is -1.98. The molecule has 0 spiro atoms. The molecule has 0 amide bonds. The van der Waals surface area contributed by atoms with Crippen molar-refractivity contribution in [3.8, 4) is 5.75 Å². The molecule has 0 unspecified atom stereocenters. The minimum Gasteiger partial charge on any atom is -0.506 e. The highest BCUT2D eigenvalue weighted by Crippen LogP contribution is 2.24. The lowest BCUT2D eigenvalue weighted by Gasteiger charge is -2.09. The summed E-state index contributed by atoms with van der Waals surface area (Å²) in [7, 11) is 0. The molecule has 13 heavy (non-hydrogen) atoms. The normalized spacial score (nSPS) is 10.4. The molecule has 0 saturated heterocycles. The van der Waals surface area contributed by atoms with Crippen molar-refractivity contribution in [1.82, 2.24) is 4.98 Å². The second kappa shape index (κ2) is 4.23. The monoisotopic (exact) mass is 181 g/mol. The fourth-order valence-corrected chi connectivity index (χ4v) is 1.35. The summed E-state index contributed by atoms with van der Waals surface area (Å²) in [5, 5.41) is 18.6. The Hall–Kier alpha value is -1.09. The molecule has 1 aromatic heterocycles. The molecule has 3 nitrogen and oxygen atoms in total. The molecule has 1 rings (SSSR count). The van der Waals surface area contributed by atoms with Crippen LogP contribution < -0.4 is 0 Å². The third-order valence-electron chi connectivity index (χ3n) is 2.11. The fraction of sp³-hybridized carbons (Fsp3) is 0.500. The number of hydrogen-bond acceptors (Lipinski definition) is 3. The van der Waals surface area contributed by atoms with E-state index >= 15 is 0 Å². The van der Waals surface area contributed by atoms with Crippen molar-refractivity contribution in [2.75, 3.05) is 0 Å². The maximum Gasteiger partial charge on any atom is 0.142 e. The van der Waals surface area contributed by atoms with Gasteiger partial charge in [0.25, 0.3) is 0 Å². The molecule has 0 saturated carbocycles. The van der Waals surface area contributed by atoms with Crippen LogP contribution in [-0.4, -0.2) is 15.2 Å². The molecule has 2 N–H and O–H groups in total. The third-order valence-corrected chi connectivity index (χ3v) is 2.11. The molecule has 1 aromatic rings. The first kappa shape index (κ1) is 9.99.